The van der Waals surface area contributed by atoms with Crippen LogP contribution in [-0.2, 0) is 19.3 Å². The second-order valence-electron chi connectivity index (χ2n) is 12.3. The molecule has 0 amide bonds. The first-order valence-electron chi connectivity index (χ1n) is 15.5. The third-order valence-corrected chi connectivity index (χ3v) is 9.79. The first kappa shape index (κ1) is 30.0. The van der Waals surface area contributed by atoms with E-state index in [1.165, 1.54) is 7.11 Å². The molecule has 2 N–H and O–H groups in total. The SMILES string of the molecule is COc1cc2c3cc1Oc1c(O)c(OC)cc4c1[C@H](C(=O)c1ccc(O)c(c1)-c1cc(ccc1OC)C[C@H]3N(C)CC2)N(C)CC4. The molecular formula is C37H38N2O7. The summed E-state index contributed by atoms with van der Waals surface area (Å²) >= 11 is 0. The second-order valence-corrected chi connectivity index (χ2v) is 12.3. The standard InChI is InChI=1S/C37H38N2O7/c1-38-12-10-21-17-30(44-4)31-19-24(21)27(38)15-20-6-9-29(43-3)26(14-20)25-16-23(7-8-28(25)40)35(41)34-33-22(11-13-39(34)2)18-32(45-5)36(42)37(33)46-31/h6-9,14,16-19,27,34,40,42H,10-13,15H2,1-5H3/t27-,34-/m1/s1. The molecule has 0 saturated heterocycles. The van der Waals surface area contributed by atoms with Crippen LogP contribution < -0.4 is 18.9 Å². The van der Waals surface area contributed by atoms with Gasteiger partial charge in [0.25, 0.3) is 0 Å². The molecule has 0 aromatic heterocycles. The number of carbonyl (C=O) groups is 1. The fraction of sp³-hybridized carbons (Fsp3) is 0.324. The number of Topliss-reactive ketones (excluding diaryl/α,β-unsaturated/α-hetero) is 1. The number of hydrogen-bond acceptors (Lipinski definition) is 9. The van der Waals surface area contributed by atoms with Gasteiger partial charge in [-0.1, -0.05) is 6.07 Å². The molecule has 238 valence electrons. The lowest BCUT2D eigenvalue weighted by atomic mass is 9.85. The molecule has 7 rings (SSSR count). The van der Waals surface area contributed by atoms with Crippen molar-refractivity contribution >= 4 is 5.78 Å². The number of hydrogen-bond donors (Lipinski definition) is 2. The summed E-state index contributed by atoms with van der Waals surface area (Å²) in [6.07, 6.45) is 2.15. The van der Waals surface area contributed by atoms with E-state index in [1.54, 1.807) is 38.5 Å². The quantitative estimate of drug-likeness (QED) is 0.282. The number of phenolic OH excluding ortho intramolecular Hbond substituents is 2. The van der Waals surface area contributed by atoms with Crippen molar-refractivity contribution in [3.05, 3.63) is 88.0 Å². The third kappa shape index (κ3) is 4.82. The number of phenols is 2. The first-order chi connectivity index (χ1) is 22.2. The Balaban J connectivity index is 1.54. The number of aromatic hydroxyl groups is 2. The lowest BCUT2D eigenvalue weighted by Crippen LogP contribution is -2.37. The van der Waals surface area contributed by atoms with E-state index >= 15 is 0 Å². The number of ketones is 1. The zero-order valence-corrected chi connectivity index (χ0v) is 26.7. The Morgan fingerprint density at radius 3 is 2.26 bits per heavy atom. The van der Waals surface area contributed by atoms with E-state index in [2.05, 4.69) is 11.9 Å². The number of fused-ring (bicyclic) bond motifs is 6. The fourth-order valence-corrected chi connectivity index (χ4v) is 7.26. The Morgan fingerprint density at radius 2 is 1.50 bits per heavy atom. The van der Waals surface area contributed by atoms with Crippen LogP contribution in [0.3, 0.4) is 0 Å². The Hall–Kier alpha value is -4.73. The molecule has 0 aliphatic carbocycles. The predicted octanol–water partition coefficient (Wildman–Crippen LogP) is 6.08. The summed E-state index contributed by atoms with van der Waals surface area (Å²) in [6.45, 7) is 1.47. The second kappa shape index (κ2) is 11.6. The number of rotatable bonds is 3. The Morgan fingerprint density at radius 1 is 0.783 bits per heavy atom. The highest BCUT2D eigenvalue weighted by atomic mass is 16.5. The summed E-state index contributed by atoms with van der Waals surface area (Å²) in [7, 11) is 8.72. The van der Waals surface area contributed by atoms with Crippen LogP contribution in [-0.4, -0.2) is 74.3 Å². The van der Waals surface area contributed by atoms with E-state index in [1.807, 2.05) is 42.3 Å². The van der Waals surface area contributed by atoms with E-state index in [0.29, 0.717) is 58.9 Å². The number of carbonyl (C=O) groups excluding carboxylic acids is 1. The van der Waals surface area contributed by atoms with Gasteiger partial charge >= 0.3 is 0 Å². The van der Waals surface area contributed by atoms with Crippen LogP contribution >= 0.6 is 0 Å². The van der Waals surface area contributed by atoms with Crippen molar-refractivity contribution in [2.75, 3.05) is 48.5 Å². The molecule has 4 aromatic carbocycles. The molecule has 3 heterocycles. The largest absolute Gasteiger partial charge is 0.507 e. The van der Waals surface area contributed by atoms with Crippen LogP contribution in [0.2, 0.25) is 0 Å². The summed E-state index contributed by atoms with van der Waals surface area (Å²) in [5.41, 5.74) is 6.36. The van der Waals surface area contributed by atoms with Crippen LogP contribution in [0, 0.1) is 0 Å². The van der Waals surface area contributed by atoms with Gasteiger partial charge in [0.2, 0.25) is 5.75 Å². The van der Waals surface area contributed by atoms with Crippen LogP contribution in [0.4, 0.5) is 0 Å². The average molecular weight is 623 g/mol. The highest BCUT2D eigenvalue weighted by Gasteiger charge is 2.38. The molecule has 6 bridgehead atoms. The highest BCUT2D eigenvalue weighted by Crippen LogP contribution is 2.51. The molecule has 0 saturated carbocycles. The van der Waals surface area contributed by atoms with Crippen LogP contribution in [0.1, 0.15) is 50.3 Å². The number of ether oxygens (including phenoxy) is 4. The number of nitrogens with zero attached hydrogens (tertiary/aromatic N) is 2. The molecule has 4 aromatic rings. The van der Waals surface area contributed by atoms with Crippen molar-refractivity contribution in [3.63, 3.8) is 0 Å². The number of likely N-dealkylation sites (N-methyl/N-ethyl adjacent to an activating group) is 2. The molecule has 3 aliphatic heterocycles. The first-order valence-corrected chi connectivity index (χ1v) is 15.5. The maximum absolute atomic E-state index is 14.6. The van der Waals surface area contributed by atoms with Crippen molar-refractivity contribution in [2.45, 2.75) is 31.3 Å². The molecule has 0 fully saturated rings. The minimum absolute atomic E-state index is 0.0133. The van der Waals surface area contributed by atoms with Gasteiger partial charge in [-0.25, -0.2) is 0 Å². The smallest absolute Gasteiger partial charge is 0.201 e. The zero-order valence-electron chi connectivity index (χ0n) is 26.7. The van der Waals surface area contributed by atoms with Gasteiger partial charge in [0.15, 0.2) is 28.8 Å². The van der Waals surface area contributed by atoms with Crippen LogP contribution in [0.15, 0.2) is 54.6 Å². The minimum Gasteiger partial charge on any atom is -0.507 e. The molecule has 0 spiro atoms. The lowest BCUT2D eigenvalue weighted by molar-refractivity contribution is 0.0834. The molecule has 46 heavy (non-hydrogen) atoms. The summed E-state index contributed by atoms with van der Waals surface area (Å²) in [4.78, 5) is 18.9. The van der Waals surface area contributed by atoms with E-state index in [9.17, 15) is 15.0 Å². The average Bonchev–Trinajstić information content (AvgIpc) is 3.06. The van der Waals surface area contributed by atoms with E-state index in [0.717, 1.165) is 35.2 Å². The maximum Gasteiger partial charge on any atom is 0.201 e. The molecule has 9 nitrogen and oxygen atoms in total. The van der Waals surface area contributed by atoms with Crippen molar-refractivity contribution in [1.29, 1.82) is 0 Å². The van der Waals surface area contributed by atoms with E-state index in [4.69, 9.17) is 18.9 Å². The summed E-state index contributed by atoms with van der Waals surface area (Å²) < 4.78 is 23.9. The molecule has 2 atom stereocenters. The van der Waals surface area contributed by atoms with Gasteiger partial charge in [-0.3, -0.25) is 14.6 Å². The van der Waals surface area contributed by atoms with Crippen molar-refractivity contribution in [2.24, 2.45) is 0 Å². The summed E-state index contributed by atoms with van der Waals surface area (Å²) in [5.74, 6) is 1.69. The minimum atomic E-state index is -0.781. The predicted molar refractivity (Wildman–Crippen MR) is 174 cm³/mol. The molecular weight excluding hydrogens is 584 g/mol. The summed E-state index contributed by atoms with van der Waals surface area (Å²) in [6, 6.07) is 16.0. The van der Waals surface area contributed by atoms with Gasteiger partial charge in [-0.15, -0.1) is 0 Å². The number of benzene rings is 4. The highest BCUT2D eigenvalue weighted by molar-refractivity contribution is 6.03. The van der Waals surface area contributed by atoms with Gasteiger partial charge in [-0.2, -0.15) is 0 Å². The zero-order chi connectivity index (χ0) is 32.3. The van der Waals surface area contributed by atoms with E-state index < -0.39 is 6.04 Å². The van der Waals surface area contributed by atoms with Gasteiger partial charge in [0.1, 0.15) is 17.5 Å². The van der Waals surface area contributed by atoms with Gasteiger partial charge in [0, 0.05) is 41.4 Å². The Kier molecular flexibility index (Phi) is 7.53. The lowest BCUT2D eigenvalue weighted by Gasteiger charge is -2.36. The van der Waals surface area contributed by atoms with E-state index in [-0.39, 0.29) is 34.8 Å². The van der Waals surface area contributed by atoms with Gasteiger partial charge < -0.3 is 29.2 Å². The van der Waals surface area contributed by atoms with Crippen LogP contribution in [0.25, 0.3) is 11.1 Å². The topological polar surface area (TPSA) is 101 Å². The normalized spacial score (nSPS) is 19.2. The maximum atomic E-state index is 14.6. The monoisotopic (exact) mass is 622 g/mol. The Bertz CT molecular complexity index is 1870. The fourth-order valence-electron chi connectivity index (χ4n) is 7.26. The van der Waals surface area contributed by atoms with Gasteiger partial charge in [-0.05, 0) is 104 Å². The molecule has 3 aliphatic rings. The third-order valence-electron chi connectivity index (χ3n) is 9.79. The molecule has 0 unspecified atom stereocenters. The Labute approximate surface area is 268 Å². The van der Waals surface area contributed by atoms with Gasteiger partial charge in [0.05, 0.1) is 21.3 Å². The van der Waals surface area contributed by atoms with Crippen molar-refractivity contribution in [1.82, 2.24) is 9.80 Å². The number of methoxy groups -OCH3 is 3. The summed E-state index contributed by atoms with van der Waals surface area (Å²) in [5, 5.41) is 22.7. The molecule has 0 radical (unpaired) electrons. The molecule has 9 heteroatoms. The van der Waals surface area contributed by atoms with Crippen LogP contribution in [0.5, 0.6) is 40.2 Å². The van der Waals surface area contributed by atoms with Crippen molar-refractivity contribution < 1.29 is 34.0 Å². The van der Waals surface area contributed by atoms with Crippen molar-refractivity contribution in [3.8, 4) is 51.4 Å².